The summed E-state index contributed by atoms with van der Waals surface area (Å²) in [7, 11) is 2.01. The number of ether oxygens (including phenoxy) is 3. The number of aromatic nitrogens is 3. The smallest absolute Gasteiger partial charge is 0.415 e. The molecule has 1 amide bonds. The van der Waals surface area contributed by atoms with Crippen molar-refractivity contribution in [1.29, 1.82) is 0 Å². The molecule has 0 bridgehead atoms. The van der Waals surface area contributed by atoms with Gasteiger partial charge in [-0.25, -0.2) is 14.6 Å². The minimum atomic E-state index is -1.79. The first-order valence-electron chi connectivity index (χ1n) is 23.4. The van der Waals surface area contributed by atoms with Crippen molar-refractivity contribution in [3.05, 3.63) is 86.8 Å². The molecule has 3 aromatic heterocycles. The van der Waals surface area contributed by atoms with Gasteiger partial charge >= 0.3 is 18.0 Å². The highest BCUT2D eigenvalue weighted by atomic mass is 35.5. The van der Waals surface area contributed by atoms with Gasteiger partial charge in [-0.3, -0.25) is 9.59 Å². The molecule has 2 aromatic carbocycles. The second-order valence-electron chi connectivity index (χ2n) is 17.8. The largest absolute Gasteiger partial charge is 0.457 e. The Hall–Kier alpha value is -5.11. The van der Waals surface area contributed by atoms with Gasteiger partial charge in [-0.15, -0.1) is 23.2 Å². The number of anilines is 1. The van der Waals surface area contributed by atoms with Crippen molar-refractivity contribution in [3.63, 3.8) is 0 Å². The summed E-state index contributed by atoms with van der Waals surface area (Å²) in [4.78, 5) is 66.9. The number of pyridine rings is 2. The molecule has 0 spiro atoms. The van der Waals surface area contributed by atoms with Crippen LogP contribution in [0.15, 0.2) is 53.3 Å². The second kappa shape index (κ2) is 19.0. The SMILES string of the molecule is CCc1c2c(nc3ccc(OC(=O)N4CCC(N5CCCCC5)CC4)cc13)-c1cc3c(c(=O)n1C2)COC(=O)[C@@]3(CC)OC(=O)CCCc1cc2cc(N(CCCl)CCCl)ccc2n1C. The van der Waals surface area contributed by atoms with Crippen LogP contribution in [0.3, 0.4) is 0 Å². The molecule has 2 saturated heterocycles. The van der Waals surface area contributed by atoms with Crippen LogP contribution >= 0.6 is 23.2 Å². The Morgan fingerprint density at radius 2 is 1.71 bits per heavy atom. The molecule has 0 aliphatic carbocycles. The van der Waals surface area contributed by atoms with Gasteiger partial charge in [0.2, 0.25) is 5.60 Å². The summed E-state index contributed by atoms with van der Waals surface area (Å²) in [6, 6.07) is 16.2. The molecule has 2 fully saturated rings. The monoisotopic (exact) mass is 924 g/mol. The summed E-state index contributed by atoms with van der Waals surface area (Å²) in [5.41, 5.74) is 5.49. The highest BCUT2D eigenvalue weighted by Crippen LogP contribution is 2.43. The van der Waals surface area contributed by atoms with Crippen LogP contribution in [0.2, 0.25) is 0 Å². The number of fused-ring (bicyclic) bond motifs is 6. The van der Waals surface area contributed by atoms with Crippen molar-refractivity contribution in [3.8, 4) is 17.1 Å². The Kier molecular flexibility index (Phi) is 13.2. The normalized spacial score (nSPS) is 18.7. The summed E-state index contributed by atoms with van der Waals surface area (Å²) < 4.78 is 21.6. The lowest BCUT2D eigenvalue weighted by molar-refractivity contribution is -0.189. The number of cyclic esters (lactones) is 1. The number of amides is 1. The fourth-order valence-corrected chi connectivity index (χ4v) is 11.1. The van der Waals surface area contributed by atoms with Crippen LogP contribution in [0.4, 0.5) is 10.5 Å². The van der Waals surface area contributed by atoms with Gasteiger partial charge in [0.1, 0.15) is 12.4 Å². The van der Waals surface area contributed by atoms with E-state index in [1.165, 1.54) is 19.3 Å². The summed E-state index contributed by atoms with van der Waals surface area (Å²) in [5.74, 6) is 0.199. The Morgan fingerprint density at radius 3 is 2.43 bits per heavy atom. The number of carbonyl (C=O) groups excluding carboxylic acids is 3. The maximum Gasteiger partial charge on any atom is 0.415 e. The van der Waals surface area contributed by atoms with E-state index >= 15 is 0 Å². The summed E-state index contributed by atoms with van der Waals surface area (Å²) in [5, 5.41) is 1.93. The molecule has 5 aromatic rings. The van der Waals surface area contributed by atoms with E-state index in [9.17, 15) is 19.2 Å². The first kappa shape index (κ1) is 45.1. The predicted molar refractivity (Wildman–Crippen MR) is 253 cm³/mol. The quantitative estimate of drug-likeness (QED) is 0.0776. The van der Waals surface area contributed by atoms with Gasteiger partial charge in [-0.05, 0) is 119 Å². The number of benzene rings is 2. The number of alkyl halides is 2. The number of piperidine rings is 2. The van der Waals surface area contributed by atoms with Crippen LogP contribution in [0.1, 0.15) is 93.2 Å². The van der Waals surface area contributed by atoms with Gasteiger partial charge < -0.3 is 38.0 Å². The van der Waals surface area contributed by atoms with Gasteiger partial charge in [0.15, 0.2) is 0 Å². The van der Waals surface area contributed by atoms with Crippen molar-refractivity contribution >= 4 is 68.7 Å². The third-order valence-electron chi connectivity index (χ3n) is 14.2. The Labute approximate surface area is 389 Å². The van der Waals surface area contributed by atoms with Crippen molar-refractivity contribution < 1.29 is 28.6 Å². The van der Waals surface area contributed by atoms with Crippen LogP contribution in [0, 0.1) is 0 Å². The fourth-order valence-electron chi connectivity index (χ4n) is 10.7. The molecule has 15 heteroatoms. The zero-order valence-electron chi connectivity index (χ0n) is 37.6. The Balaban J connectivity index is 0.920. The van der Waals surface area contributed by atoms with E-state index in [1.54, 1.807) is 23.6 Å². The minimum absolute atomic E-state index is 0.0606. The molecule has 0 unspecified atom stereocenters. The topological polar surface area (TPSA) is 128 Å². The van der Waals surface area contributed by atoms with Crippen molar-refractivity contribution in [2.45, 2.75) is 103 Å². The zero-order valence-corrected chi connectivity index (χ0v) is 39.1. The van der Waals surface area contributed by atoms with Gasteiger partial charge in [0, 0.05) is 96.2 Å². The lowest BCUT2D eigenvalue weighted by Gasteiger charge is -2.39. The number of esters is 2. The molecule has 4 aliphatic heterocycles. The van der Waals surface area contributed by atoms with Crippen LogP contribution in [-0.4, -0.2) is 99.0 Å². The number of aryl methyl sites for hydroxylation is 3. The molecular formula is C50H58Cl2N6O7. The molecule has 0 radical (unpaired) electrons. The molecule has 0 saturated carbocycles. The first-order valence-corrected chi connectivity index (χ1v) is 24.4. The van der Waals surface area contributed by atoms with Crippen LogP contribution in [0.5, 0.6) is 5.75 Å². The van der Waals surface area contributed by atoms with E-state index in [0.717, 1.165) is 64.7 Å². The van der Waals surface area contributed by atoms with Gasteiger partial charge in [0.05, 0.1) is 29.0 Å². The fraction of sp³-hybridized carbons (Fsp3) is 0.500. The molecule has 344 valence electrons. The summed E-state index contributed by atoms with van der Waals surface area (Å²) >= 11 is 12.1. The maximum atomic E-state index is 14.4. The average molecular weight is 926 g/mol. The van der Waals surface area contributed by atoms with Gasteiger partial charge in [0.25, 0.3) is 5.56 Å². The number of nitrogens with zero attached hydrogens (tertiary/aromatic N) is 6. The van der Waals surface area contributed by atoms with Crippen LogP contribution in [-0.2, 0) is 57.7 Å². The molecule has 65 heavy (non-hydrogen) atoms. The highest BCUT2D eigenvalue weighted by Gasteiger charge is 2.50. The molecule has 0 N–H and O–H groups in total. The van der Waals surface area contributed by atoms with Gasteiger partial charge in [-0.2, -0.15) is 0 Å². The highest BCUT2D eigenvalue weighted by molar-refractivity contribution is 6.18. The van der Waals surface area contributed by atoms with Crippen molar-refractivity contribution in [2.75, 3.05) is 55.9 Å². The van der Waals surface area contributed by atoms with Crippen LogP contribution in [0.25, 0.3) is 33.2 Å². The Morgan fingerprint density at radius 1 is 0.938 bits per heavy atom. The standard InChI is InChI=1S/C50H58Cl2N6O7/c1-4-37-38-28-36(64-49(62)57-22-16-33(17-23-57)55-20-7-6-8-21-55)13-14-42(38)53-46-39(37)30-58-44(46)29-41-40(47(58)60)31-63-48(61)50(41,5-2)65-45(59)11-9-10-34-26-32-27-35(12-15-43(32)54(34)3)56(24-18-51)25-19-52/h12-15,26-29,33H,4-11,16-25,30-31H2,1-3H3/t50-/m0/s1. The number of rotatable bonds is 14. The van der Waals surface area contributed by atoms with Gasteiger partial charge in [-0.1, -0.05) is 20.3 Å². The summed E-state index contributed by atoms with van der Waals surface area (Å²) in [6.45, 7) is 8.91. The maximum absolute atomic E-state index is 14.4. The van der Waals surface area contributed by atoms with E-state index in [-0.39, 0.29) is 43.2 Å². The molecule has 13 nitrogen and oxygen atoms in total. The van der Waals surface area contributed by atoms with E-state index < -0.39 is 17.5 Å². The zero-order chi connectivity index (χ0) is 45.4. The number of hydrogen-bond donors (Lipinski definition) is 0. The molecular weight excluding hydrogens is 867 g/mol. The minimum Gasteiger partial charge on any atom is -0.457 e. The lowest BCUT2D eigenvalue weighted by atomic mass is 9.85. The van der Waals surface area contributed by atoms with E-state index in [4.69, 9.17) is 42.4 Å². The summed E-state index contributed by atoms with van der Waals surface area (Å²) in [6.07, 6.45) is 7.25. The number of hydrogen-bond acceptors (Lipinski definition) is 10. The molecule has 9 rings (SSSR count). The molecule has 1 atom stereocenters. The predicted octanol–water partition coefficient (Wildman–Crippen LogP) is 8.44. The average Bonchev–Trinajstić information content (AvgIpc) is 3.85. The Bertz CT molecular complexity index is 2700. The first-order chi connectivity index (χ1) is 31.6. The van der Waals surface area contributed by atoms with E-state index in [0.29, 0.717) is 91.5 Å². The lowest BCUT2D eigenvalue weighted by Crippen LogP contribution is -2.48. The van der Waals surface area contributed by atoms with Crippen LogP contribution < -0.4 is 15.2 Å². The number of carbonyl (C=O) groups is 3. The van der Waals surface area contributed by atoms with Crippen molar-refractivity contribution in [2.24, 2.45) is 7.05 Å². The second-order valence-corrected chi connectivity index (χ2v) is 18.6. The van der Waals surface area contributed by atoms with E-state index in [1.807, 2.05) is 24.1 Å². The van der Waals surface area contributed by atoms with E-state index in [2.05, 4.69) is 45.6 Å². The number of likely N-dealkylation sites (tertiary alicyclic amines) is 2. The number of halogens is 2. The van der Waals surface area contributed by atoms with Crippen molar-refractivity contribution in [1.82, 2.24) is 23.9 Å². The third kappa shape index (κ3) is 8.48. The molecule has 7 heterocycles. The third-order valence-corrected chi connectivity index (χ3v) is 14.6. The molecule has 4 aliphatic rings.